The Morgan fingerprint density at radius 1 is 1.22 bits per heavy atom. The molecule has 1 heterocycles. The molecule has 1 N–H and O–H groups in total. The number of carbonyl (C=O) groups excluding carboxylic acids is 2. The second-order valence-corrected chi connectivity index (χ2v) is 7.59. The van der Waals surface area contributed by atoms with Gasteiger partial charge in [-0.2, -0.15) is 0 Å². The van der Waals surface area contributed by atoms with E-state index in [0.29, 0.717) is 6.42 Å². The Bertz CT molecular complexity index is 758. The van der Waals surface area contributed by atoms with Crippen LogP contribution in [0.3, 0.4) is 0 Å². The lowest BCUT2D eigenvalue weighted by Gasteiger charge is -2.22. The summed E-state index contributed by atoms with van der Waals surface area (Å²) in [6.07, 6.45) is -0.131. The zero-order chi connectivity index (χ0) is 19.9. The molecule has 1 atom stereocenters. The third-order valence-corrected chi connectivity index (χ3v) is 4.03. The van der Waals surface area contributed by atoms with Gasteiger partial charge in [-0.05, 0) is 26.3 Å². The van der Waals surface area contributed by atoms with E-state index >= 15 is 0 Å². The van der Waals surface area contributed by atoms with Crippen LogP contribution in [-0.4, -0.2) is 40.7 Å². The molecule has 1 aromatic heterocycles. The maximum Gasteiger partial charge on any atom is 0.408 e. The molecule has 0 fully saturated rings. The Labute approximate surface area is 162 Å². The SMILES string of the molecule is COC(=O)CSc1nnc([C@@H](Cc2ccccc2)NC(=O)OC(C)(C)C)o1. The highest BCUT2D eigenvalue weighted by atomic mass is 32.2. The van der Waals surface area contributed by atoms with Crippen LogP contribution in [0, 0.1) is 0 Å². The fourth-order valence-electron chi connectivity index (χ4n) is 2.10. The standard InChI is InChI=1S/C18H23N3O5S/c1-18(2,3)26-16(23)19-13(10-12-8-6-5-7-9-12)15-20-21-17(25-15)27-11-14(22)24-4/h5-9,13H,10-11H2,1-4H3,(H,19,23)/t13-/m1/s1. The van der Waals surface area contributed by atoms with Crippen LogP contribution >= 0.6 is 11.8 Å². The molecule has 0 aliphatic heterocycles. The van der Waals surface area contributed by atoms with Crippen molar-refractivity contribution in [3.63, 3.8) is 0 Å². The highest BCUT2D eigenvalue weighted by molar-refractivity contribution is 7.99. The molecule has 2 aromatic rings. The molecule has 1 amide bonds. The Hall–Kier alpha value is -2.55. The summed E-state index contributed by atoms with van der Waals surface area (Å²) in [7, 11) is 1.31. The van der Waals surface area contributed by atoms with Gasteiger partial charge in [0.05, 0.1) is 7.11 Å². The molecule has 8 nitrogen and oxygen atoms in total. The number of nitrogens with one attached hydrogen (secondary N) is 1. The van der Waals surface area contributed by atoms with Crippen LogP contribution < -0.4 is 5.32 Å². The van der Waals surface area contributed by atoms with E-state index in [-0.39, 0.29) is 16.9 Å². The lowest BCUT2D eigenvalue weighted by molar-refractivity contribution is -0.137. The minimum atomic E-state index is -0.627. The first-order chi connectivity index (χ1) is 12.8. The highest BCUT2D eigenvalue weighted by Gasteiger charge is 2.25. The van der Waals surface area contributed by atoms with Gasteiger partial charge in [-0.15, -0.1) is 10.2 Å². The number of amides is 1. The van der Waals surface area contributed by atoms with Crippen molar-refractivity contribution in [1.29, 1.82) is 0 Å². The summed E-state index contributed by atoms with van der Waals surface area (Å²) in [4.78, 5) is 23.4. The minimum Gasteiger partial charge on any atom is -0.468 e. The first-order valence-corrected chi connectivity index (χ1v) is 9.32. The molecule has 27 heavy (non-hydrogen) atoms. The molecular formula is C18H23N3O5S. The van der Waals surface area contributed by atoms with Crippen molar-refractivity contribution in [2.24, 2.45) is 0 Å². The number of rotatable bonds is 7. The second-order valence-electron chi connectivity index (χ2n) is 6.66. The van der Waals surface area contributed by atoms with E-state index in [2.05, 4.69) is 20.3 Å². The van der Waals surface area contributed by atoms with Gasteiger partial charge in [0.25, 0.3) is 5.22 Å². The summed E-state index contributed by atoms with van der Waals surface area (Å²) in [5, 5.41) is 10.9. The lowest BCUT2D eigenvalue weighted by atomic mass is 10.1. The number of esters is 1. The first kappa shape index (κ1) is 20.8. The Morgan fingerprint density at radius 2 is 1.93 bits per heavy atom. The highest BCUT2D eigenvalue weighted by Crippen LogP contribution is 2.23. The van der Waals surface area contributed by atoms with E-state index in [4.69, 9.17) is 9.15 Å². The fraction of sp³-hybridized carbons (Fsp3) is 0.444. The monoisotopic (exact) mass is 393 g/mol. The third kappa shape index (κ3) is 7.30. The molecule has 9 heteroatoms. The Kier molecular flexibility index (Phi) is 7.23. The number of ether oxygens (including phenoxy) is 2. The van der Waals surface area contributed by atoms with E-state index in [0.717, 1.165) is 17.3 Å². The average Bonchev–Trinajstić information content (AvgIpc) is 3.07. The summed E-state index contributed by atoms with van der Waals surface area (Å²) < 4.78 is 15.5. The number of aromatic nitrogens is 2. The van der Waals surface area contributed by atoms with E-state index in [9.17, 15) is 9.59 Å². The zero-order valence-corrected chi connectivity index (χ0v) is 16.5. The van der Waals surface area contributed by atoms with Crippen molar-refractivity contribution >= 4 is 23.8 Å². The smallest absolute Gasteiger partial charge is 0.408 e. The van der Waals surface area contributed by atoms with E-state index in [1.807, 2.05) is 30.3 Å². The number of carbonyl (C=O) groups is 2. The number of nitrogens with zero attached hydrogens (tertiary/aromatic N) is 2. The molecule has 2 rings (SSSR count). The summed E-state index contributed by atoms with van der Waals surface area (Å²) in [6, 6.07) is 9.03. The van der Waals surface area contributed by atoms with Crippen LogP contribution in [-0.2, 0) is 20.7 Å². The molecule has 0 aliphatic carbocycles. The lowest BCUT2D eigenvalue weighted by Crippen LogP contribution is -2.36. The van der Waals surface area contributed by atoms with Crippen molar-refractivity contribution < 1.29 is 23.5 Å². The predicted octanol–water partition coefficient (Wildman–Crippen LogP) is 3.14. The van der Waals surface area contributed by atoms with Crippen molar-refractivity contribution in [3.8, 4) is 0 Å². The van der Waals surface area contributed by atoms with Gasteiger partial charge >= 0.3 is 12.1 Å². The molecule has 0 spiro atoms. The number of alkyl carbamates (subject to hydrolysis) is 1. The quantitative estimate of drug-likeness (QED) is 0.565. The Morgan fingerprint density at radius 3 is 2.56 bits per heavy atom. The average molecular weight is 393 g/mol. The summed E-state index contributed by atoms with van der Waals surface area (Å²) >= 11 is 1.07. The number of hydrogen-bond acceptors (Lipinski definition) is 8. The van der Waals surface area contributed by atoms with Crippen molar-refractivity contribution in [1.82, 2.24) is 15.5 Å². The first-order valence-electron chi connectivity index (χ1n) is 8.33. The predicted molar refractivity (Wildman–Crippen MR) is 99.3 cm³/mol. The van der Waals surface area contributed by atoms with Crippen LogP contribution in [0.4, 0.5) is 4.79 Å². The van der Waals surface area contributed by atoms with Gasteiger partial charge < -0.3 is 19.2 Å². The van der Waals surface area contributed by atoms with Gasteiger partial charge in [-0.1, -0.05) is 42.1 Å². The van der Waals surface area contributed by atoms with Gasteiger partial charge in [0.2, 0.25) is 5.89 Å². The molecular weight excluding hydrogens is 370 g/mol. The normalized spacial score (nSPS) is 12.3. The topological polar surface area (TPSA) is 104 Å². The van der Waals surface area contributed by atoms with Gasteiger partial charge in [-0.3, -0.25) is 4.79 Å². The van der Waals surface area contributed by atoms with Crippen molar-refractivity contribution in [3.05, 3.63) is 41.8 Å². The summed E-state index contributed by atoms with van der Waals surface area (Å²) in [6.45, 7) is 5.35. The van der Waals surface area contributed by atoms with Crippen LogP contribution in [0.25, 0.3) is 0 Å². The third-order valence-electron chi connectivity index (χ3n) is 3.23. The van der Waals surface area contributed by atoms with E-state index in [1.165, 1.54) is 7.11 Å². The van der Waals surface area contributed by atoms with E-state index < -0.39 is 23.7 Å². The number of thioether (sulfide) groups is 1. The molecule has 0 radical (unpaired) electrons. The van der Waals surface area contributed by atoms with Gasteiger partial charge in [0, 0.05) is 6.42 Å². The fourth-order valence-corrected chi connectivity index (χ4v) is 2.70. The van der Waals surface area contributed by atoms with Crippen LogP contribution in [0.5, 0.6) is 0 Å². The van der Waals surface area contributed by atoms with Gasteiger partial charge in [0.15, 0.2) is 0 Å². The number of methoxy groups -OCH3 is 1. The molecule has 0 bridgehead atoms. The summed E-state index contributed by atoms with van der Waals surface area (Å²) in [5.41, 5.74) is 0.359. The van der Waals surface area contributed by atoms with Crippen LogP contribution in [0.15, 0.2) is 40.0 Å². The largest absolute Gasteiger partial charge is 0.468 e. The van der Waals surface area contributed by atoms with E-state index in [1.54, 1.807) is 20.8 Å². The molecule has 1 aromatic carbocycles. The van der Waals surface area contributed by atoms with Crippen LogP contribution in [0.1, 0.15) is 38.3 Å². The number of benzene rings is 1. The van der Waals surface area contributed by atoms with Crippen molar-refractivity contribution in [2.75, 3.05) is 12.9 Å². The maximum atomic E-state index is 12.2. The molecule has 0 saturated carbocycles. The zero-order valence-electron chi connectivity index (χ0n) is 15.7. The second kappa shape index (κ2) is 9.40. The molecule has 0 saturated heterocycles. The molecule has 146 valence electrons. The Balaban J connectivity index is 2.12. The minimum absolute atomic E-state index is 0.0565. The van der Waals surface area contributed by atoms with Crippen LogP contribution in [0.2, 0.25) is 0 Å². The molecule has 0 unspecified atom stereocenters. The van der Waals surface area contributed by atoms with Crippen molar-refractivity contribution in [2.45, 2.75) is 44.1 Å². The van der Waals surface area contributed by atoms with Gasteiger partial charge in [0.1, 0.15) is 17.4 Å². The van der Waals surface area contributed by atoms with Gasteiger partial charge in [-0.25, -0.2) is 4.79 Å². The maximum absolute atomic E-state index is 12.2. The summed E-state index contributed by atoms with van der Waals surface area (Å²) in [5.74, 6) is -0.106. The molecule has 0 aliphatic rings. The number of hydrogen-bond donors (Lipinski definition) is 1.